The Labute approximate surface area is 122 Å². The summed E-state index contributed by atoms with van der Waals surface area (Å²) >= 11 is 5.88. The number of nitrogens with zero attached hydrogens (tertiary/aromatic N) is 4. The molecular weight excluding hydrogens is 278 g/mol. The number of halogens is 1. The minimum Gasteiger partial charge on any atom is -0.354 e. The van der Waals surface area contributed by atoms with Crippen molar-refractivity contribution in [3.05, 3.63) is 34.9 Å². The van der Waals surface area contributed by atoms with Gasteiger partial charge >= 0.3 is 0 Å². The maximum Gasteiger partial charge on any atom is 0.241 e. The van der Waals surface area contributed by atoms with Crippen molar-refractivity contribution in [2.24, 2.45) is 0 Å². The van der Waals surface area contributed by atoms with E-state index in [-0.39, 0.29) is 12.5 Å². The summed E-state index contributed by atoms with van der Waals surface area (Å²) in [5.41, 5.74) is 1.87. The number of aromatic nitrogens is 4. The van der Waals surface area contributed by atoms with E-state index in [1.54, 1.807) is 10.9 Å². The minimum atomic E-state index is -0.0687. The fourth-order valence-corrected chi connectivity index (χ4v) is 1.99. The first-order valence-electron chi connectivity index (χ1n) is 6.50. The van der Waals surface area contributed by atoms with E-state index in [2.05, 4.69) is 15.5 Å². The van der Waals surface area contributed by atoms with Crippen LogP contribution in [0.2, 0.25) is 5.02 Å². The van der Waals surface area contributed by atoms with Crippen molar-refractivity contribution in [2.45, 2.75) is 33.4 Å². The molecule has 0 aromatic carbocycles. The number of aryl methyl sites for hydroxylation is 3. The molecule has 108 valence electrons. The van der Waals surface area contributed by atoms with E-state index in [4.69, 9.17) is 11.6 Å². The van der Waals surface area contributed by atoms with Crippen LogP contribution < -0.4 is 5.32 Å². The molecule has 7 heteroatoms. The monoisotopic (exact) mass is 295 g/mol. The summed E-state index contributed by atoms with van der Waals surface area (Å²) in [6.07, 6.45) is 6.30. The second-order valence-electron chi connectivity index (χ2n) is 4.74. The standard InChI is InChI=1S/C13H18ClN5O/c1-10-6-16-18(7-10)5-3-4-15-13(20)9-19-8-12(14)11(2)17-19/h6-8H,3-5,9H2,1-2H3,(H,15,20). The third kappa shape index (κ3) is 4.09. The van der Waals surface area contributed by atoms with Gasteiger partial charge in [-0.15, -0.1) is 0 Å². The number of nitrogens with one attached hydrogen (secondary N) is 1. The van der Waals surface area contributed by atoms with Gasteiger partial charge in [-0.05, 0) is 25.8 Å². The van der Waals surface area contributed by atoms with Gasteiger partial charge in [0, 0.05) is 25.5 Å². The van der Waals surface area contributed by atoms with Gasteiger partial charge in [0.2, 0.25) is 5.91 Å². The molecule has 0 bridgehead atoms. The van der Waals surface area contributed by atoms with Crippen LogP contribution in [0.25, 0.3) is 0 Å². The largest absolute Gasteiger partial charge is 0.354 e. The zero-order chi connectivity index (χ0) is 14.5. The lowest BCUT2D eigenvalue weighted by molar-refractivity contribution is -0.121. The van der Waals surface area contributed by atoms with Gasteiger partial charge in [-0.25, -0.2) is 0 Å². The Balaban J connectivity index is 1.67. The van der Waals surface area contributed by atoms with Crippen LogP contribution in [0.3, 0.4) is 0 Å². The number of rotatable bonds is 6. The number of hydrogen-bond acceptors (Lipinski definition) is 3. The van der Waals surface area contributed by atoms with Crippen LogP contribution in [-0.2, 0) is 17.9 Å². The van der Waals surface area contributed by atoms with Crippen LogP contribution in [0.4, 0.5) is 0 Å². The quantitative estimate of drug-likeness (QED) is 0.823. The van der Waals surface area contributed by atoms with Crippen LogP contribution in [-0.4, -0.2) is 32.0 Å². The first-order chi connectivity index (χ1) is 9.54. The van der Waals surface area contributed by atoms with Crippen molar-refractivity contribution in [2.75, 3.05) is 6.54 Å². The first kappa shape index (κ1) is 14.6. The second-order valence-corrected chi connectivity index (χ2v) is 5.15. The lowest BCUT2D eigenvalue weighted by atomic mass is 10.4. The SMILES string of the molecule is Cc1cnn(CCCNC(=O)Cn2cc(Cl)c(C)n2)c1. The highest BCUT2D eigenvalue weighted by Gasteiger charge is 2.06. The third-order valence-corrected chi connectivity index (χ3v) is 3.21. The molecule has 6 nitrogen and oxygen atoms in total. The Morgan fingerprint density at radius 1 is 1.35 bits per heavy atom. The van der Waals surface area contributed by atoms with Gasteiger partial charge in [-0.2, -0.15) is 10.2 Å². The lowest BCUT2D eigenvalue weighted by Gasteiger charge is -2.05. The van der Waals surface area contributed by atoms with Gasteiger partial charge in [-0.3, -0.25) is 14.2 Å². The van der Waals surface area contributed by atoms with Gasteiger partial charge < -0.3 is 5.32 Å². The molecule has 0 fully saturated rings. The fraction of sp³-hybridized carbons (Fsp3) is 0.462. The van der Waals surface area contributed by atoms with Crippen LogP contribution in [0.5, 0.6) is 0 Å². The molecule has 0 spiro atoms. The number of hydrogen-bond donors (Lipinski definition) is 1. The minimum absolute atomic E-state index is 0.0687. The maximum absolute atomic E-state index is 11.7. The number of carbonyl (C=O) groups excluding carboxylic acids is 1. The lowest BCUT2D eigenvalue weighted by Crippen LogP contribution is -2.29. The molecule has 0 saturated carbocycles. The van der Waals surface area contributed by atoms with Crippen molar-refractivity contribution in [1.29, 1.82) is 0 Å². The Bertz CT molecular complexity index is 570. The molecule has 0 aliphatic heterocycles. The summed E-state index contributed by atoms with van der Waals surface area (Å²) in [7, 11) is 0. The van der Waals surface area contributed by atoms with E-state index in [0.717, 1.165) is 24.2 Å². The average Bonchev–Trinajstić information content (AvgIpc) is 2.92. The highest BCUT2D eigenvalue weighted by molar-refractivity contribution is 6.31. The van der Waals surface area contributed by atoms with E-state index < -0.39 is 0 Å². The van der Waals surface area contributed by atoms with Crippen molar-refractivity contribution in [3.8, 4) is 0 Å². The van der Waals surface area contributed by atoms with Crippen molar-refractivity contribution in [1.82, 2.24) is 24.9 Å². The van der Waals surface area contributed by atoms with Gasteiger partial charge in [0.1, 0.15) is 6.54 Å². The highest BCUT2D eigenvalue weighted by Crippen LogP contribution is 2.11. The Kier molecular flexibility index (Phi) is 4.79. The Morgan fingerprint density at radius 3 is 2.75 bits per heavy atom. The summed E-state index contributed by atoms with van der Waals surface area (Å²) in [5.74, 6) is -0.0687. The van der Waals surface area contributed by atoms with Crippen LogP contribution >= 0.6 is 11.6 Å². The van der Waals surface area contributed by atoms with Crippen molar-refractivity contribution < 1.29 is 4.79 Å². The Hall–Kier alpha value is -1.82. The molecular formula is C13H18ClN5O. The smallest absolute Gasteiger partial charge is 0.241 e. The highest BCUT2D eigenvalue weighted by atomic mass is 35.5. The molecule has 1 amide bonds. The summed E-state index contributed by atoms with van der Waals surface area (Å²) in [6, 6.07) is 0. The summed E-state index contributed by atoms with van der Waals surface area (Å²) in [5, 5.41) is 11.8. The maximum atomic E-state index is 11.7. The second kappa shape index (κ2) is 6.56. The van der Waals surface area contributed by atoms with E-state index in [9.17, 15) is 4.79 Å². The van der Waals surface area contributed by atoms with Crippen LogP contribution in [0, 0.1) is 13.8 Å². The molecule has 0 aliphatic carbocycles. The number of carbonyl (C=O) groups is 1. The number of amides is 1. The topological polar surface area (TPSA) is 64.7 Å². The molecule has 1 N–H and O–H groups in total. The molecule has 20 heavy (non-hydrogen) atoms. The van der Waals surface area contributed by atoms with Crippen molar-refractivity contribution >= 4 is 17.5 Å². The van der Waals surface area contributed by atoms with Gasteiger partial charge in [0.05, 0.1) is 16.9 Å². The third-order valence-electron chi connectivity index (χ3n) is 2.84. The van der Waals surface area contributed by atoms with Gasteiger partial charge in [-0.1, -0.05) is 11.6 Å². The van der Waals surface area contributed by atoms with E-state index in [0.29, 0.717) is 11.6 Å². The summed E-state index contributed by atoms with van der Waals surface area (Å²) < 4.78 is 3.42. The first-order valence-corrected chi connectivity index (χ1v) is 6.87. The van der Waals surface area contributed by atoms with Gasteiger partial charge in [0.15, 0.2) is 0 Å². The average molecular weight is 296 g/mol. The molecule has 0 saturated heterocycles. The molecule has 0 aliphatic rings. The van der Waals surface area contributed by atoms with Crippen LogP contribution in [0.15, 0.2) is 18.6 Å². The van der Waals surface area contributed by atoms with E-state index in [1.165, 1.54) is 0 Å². The zero-order valence-corrected chi connectivity index (χ0v) is 12.4. The summed E-state index contributed by atoms with van der Waals surface area (Å²) in [4.78, 5) is 11.7. The molecule has 0 atom stereocenters. The fourth-order valence-electron chi connectivity index (χ4n) is 1.84. The zero-order valence-electron chi connectivity index (χ0n) is 11.6. The molecule has 2 aromatic heterocycles. The predicted octanol–water partition coefficient (Wildman–Crippen LogP) is 1.56. The predicted molar refractivity (Wildman–Crippen MR) is 76.6 cm³/mol. The summed E-state index contributed by atoms with van der Waals surface area (Å²) in [6.45, 7) is 5.41. The van der Waals surface area contributed by atoms with E-state index in [1.807, 2.05) is 30.9 Å². The van der Waals surface area contributed by atoms with Crippen LogP contribution in [0.1, 0.15) is 17.7 Å². The molecule has 2 heterocycles. The van der Waals surface area contributed by atoms with E-state index >= 15 is 0 Å². The molecule has 2 aromatic rings. The Morgan fingerprint density at radius 2 is 2.15 bits per heavy atom. The molecule has 2 rings (SSSR count). The van der Waals surface area contributed by atoms with Crippen molar-refractivity contribution in [3.63, 3.8) is 0 Å². The molecule has 0 radical (unpaired) electrons. The molecule has 0 unspecified atom stereocenters. The van der Waals surface area contributed by atoms with Gasteiger partial charge in [0.25, 0.3) is 0 Å². The normalized spacial score (nSPS) is 10.8.